The summed E-state index contributed by atoms with van der Waals surface area (Å²) >= 11 is 0. The Morgan fingerprint density at radius 2 is 2.31 bits per heavy atom. The van der Waals surface area contributed by atoms with Crippen LogP contribution in [0.4, 0.5) is 0 Å². The van der Waals surface area contributed by atoms with Gasteiger partial charge in [-0.2, -0.15) is 5.10 Å². The second-order valence-corrected chi connectivity index (χ2v) is 3.56. The molecule has 88 valence electrons. The highest BCUT2D eigenvalue weighted by Crippen LogP contribution is 2.02. The van der Waals surface area contributed by atoms with E-state index in [1.54, 1.807) is 20.2 Å². The summed E-state index contributed by atoms with van der Waals surface area (Å²) in [5, 5.41) is 15.2. The van der Waals surface area contributed by atoms with E-state index in [1.165, 1.54) is 10.9 Å². The number of carbonyl (C=O) groups excluding carboxylic acids is 1. The summed E-state index contributed by atoms with van der Waals surface area (Å²) in [6.07, 6.45) is 3.51. The van der Waals surface area contributed by atoms with Crippen LogP contribution in [0, 0.1) is 5.92 Å². The number of carboxylic acids is 1. The smallest absolute Gasteiger partial charge is 0.308 e. The van der Waals surface area contributed by atoms with Gasteiger partial charge in [-0.05, 0) is 6.42 Å². The molecule has 0 aliphatic rings. The summed E-state index contributed by atoms with van der Waals surface area (Å²) in [6.45, 7) is 1.91. The fraction of sp³-hybridized carbons (Fsp3) is 0.500. The van der Waals surface area contributed by atoms with Crippen molar-refractivity contribution in [2.75, 3.05) is 6.54 Å². The molecule has 0 saturated heterocycles. The summed E-state index contributed by atoms with van der Waals surface area (Å²) < 4.78 is 1.52. The second-order valence-electron chi connectivity index (χ2n) is 3.56. The monoisotopic (exact) mass is 225 g/mol. The highest BCUT2D eigenvalue weighted by molar-refractivity contribution is 5.93. The highest BCUT2D eigenvalue weighted by Gasteiger charge is 2.16. The number of amides is 1. The normalized spacial score (nSPS) is 12.1. The Labute approximate surface area is 93.3 Å². The molecule has 16 heavy (non-hydrogen) atoms. The number of aliphatic carboxylic acids is 1. The first-order chi connectivity index (χ1) is 7.54. The van der Waals surface area contributed by atoms with Gasteiger partial charge in [0.05, 0.1) is 17.7 Å². The first-order valence-electron chi connectivity index (χ1n) is 5.04. The Morgan fingerprint density at radius 1 is 1.62 bits per heavy atom. The van der Waals surface area contributed by atoms with Crippen LogP contribution < -0.4 is 5.32 Å². The van der Waals surface area contributed by atoms with Crippen LogP contribution in [0.5, 0.6) is 0 Å². The first-order valence-corrected chi connectivity index (χ1v) is 5.04. The average Bonchev–Trinajstić information content (AvgIpc) is 2.65. The number of aromatic nitrogens is 2. The van der Waals surface area contributed by atoms with Crippen molar-refractivity contribution in [2.45, 2.75) is 13.3 Å². The van der Waals surface area contributed by atoms with Crippen LogP contribution >= 0.6 is 0 Å². The maximum atomic E-state index is 11.5. The van der Waals surface area contributed by atoms with Crippen molar-refractivity contribution >= 4 is 11.9 Å². The molecule has 1 atom stereocenters. The predicted octanol–water partition coefficient (Wildman–Crippen LogP) is 0.261. The van der Waals surface area contributed by atoms with Gasteiger partial charge in [0.2, 0.25) is 0 Å². The van der Waals surface area contributed by atoms with Crippen molar-refractivity contribution in [2.24, 2.45) is 13.0 Å². The Morgan fingerprint density at radius 3 is 2.75 bits per heavy atom. The predicted molar refractivity (Wildman–Crippen MR) is 57.0 cm³/mol. The molecule has 1 heterocycles. The van der Waals surface area contributed by atoms with Gasteiger partial charge in [0.15, 0.2) is 0 Å². The molecule has 1 rings (SSSR count). The maximum Gasteiger partial charge on any atom is 0.308 e. The highest BCUT2D eigenvalue weighted by atomic mass is 16.4. The number of carboxylic acid groups (broad SMARTS) is 1. The van der Waals surface area contributed by atoms with Crippen LogP contribution in [0.2, 0.25) is 0 Å². The summed E-state index contributed by atoms with van der Waals surface area (Å²) in [5.41, 5.74) is 0.433. The van der Waals surface area contributed by atoms with Gasteiger partial charge in [-0.3, -0.25) is 14.3 Å². The third-order valence-electron chi connectivity index (χ3n) is 2.32. The number of hydrogen-bond donors (Lipinski definition) is 2. The molecular weight excluding hydrogens is 210 g/mol. The molecule has 0 radical (unpaired) electrons. The Kier molecular flexibility index (Phi) is 4.04. The van der Waals surface area contributed by atoms with Crippen LogP contribution in [0.3, 0.4) is 0 Å². The van der Waals surface area contributed by atoms with E-state index in [0.717, 1.165) is 0 Å². The molecule has 1 aromatic heterocycles. The quantitative estimate of drug-likeness (QED) is 0.752. The van der Waals surface area contributed by atoms with Crippen LogP contribution in [0.1, 0.15) is 23.7 Å². The number of nitrogens with zero attached hydrogens (tertiary/aromatic N) is 2. The van der Waals surface area contributed by atoms with Gasteiger partial charge in [-0.1, -0.05) is 6.92 Å². The number of carbonyl (C=O) groups is 2. The fourth-order valence-electron chi connectivity index (χ4n) is 1.26. The molecule has 6 nitrogen and oxygen atoms in total. The molecule has 6 heteroatoms. The minimum atomic E-state index is -0.894. The number of nitrogens with one attached hydrogen (secondary N) is 1. The SMILES string of the molecule is CCC(CNC(=O)c1cnn(C)c1)C(=O)O. The van der Waals surface area contributed by atoms with Gasteiger partial charge in [0.1, 0.15) is 0 Å². The third kappa shape index (κ3) is 3.08. The summed E-state index contributed by atoms with van der Waals surface area (Å²) in [7, 11) is 1.71. The van der Waals surface area contributed by atoms with Crippen molar-refractivity contribution in [3.63, 3.8) is 0 Å². The molecule has 1 unspecified atom stereocenters. The lowest BCUT2D eigenvalue weighted by molar-refractivity contribution is -0.141. The van der Waals surface area contributed by atoms with E-state index in [-0.39, 0.29) is 12.5 Å². The van der Waals surface area contributed by atoms with Gasteiger partial charge in [0, 0.05) is 19.8 Å². The first kappa shape index (κ1) is 12.2. The van der Waals surface area contributed by atoms with Gasteiger partial charge in [-0.25, -0.2) is 0 Å². The molecule has 2 N–H and O–H groups in total. The van der Waals surface area contributed by atoms with Crippen molar-refractivity contribution in [3.8, 4) is 0 Å². The molecule has 0 aliphatic heterocycles. The summed E-state index contributed by atoms with van der Waals surface area (Å²) in [4.78, 5) is 22.3. The number of rotatable bonds is 5. The average molecular weight is 225 g/mol. The van der Waals surface area contributed by atoms with Crippen LogP contribution in [-0.4, -0.2) is 33.3 Å². The van der Waals surface area contributed by atoms with Crippen molar-refractivity contribution in [3.05, 3.63) is 18.0 Å². The van der Waals surface area contributed by atoms with Gasteiger partial charge >= 0.3 is 5.97 Å². The van der Waals surface area contributed by atoms with Crippen LogP contribution in [0.15, 0.2) is 12.4 Å². The fourth-order valence-corrected chi connectivity index (χ4v) is 1.26. The van der Waals surface area contributed by atoms with E-state index in [2.05, 4.69) is 10.4 Å². The zero-order valence-electron chi connectivity index (χ0n) is 9.30. The van der Waals surface area contributed by atoms with Gasteiger partial charge < -0.3 is 10.4 Å². The lowest BCUT2D eigenvalue weighted by Gasteiger charge is -2.09. The molecule has 0 spiro atoms. The van der Waals surface area contributed by atoms with Crippen molar-refractivity contribution < 1.29 is 14.7 Å². The molecular formula is C10H15N3O3. The van der Waals surface area contributed by atoms with E-state index < -0.39 is 11.9 Å². The zero-order valence-corrected chi connectivity index (χ0v) is 9.30. The molecule has 1 amide bonds. The largest absolute Gasteiger partial charge is 0.481 e. The van der Waals surface area contributed by atoms with Gasteiger partial charge in [-0.15, -0.1) is 0 Å². The lowest BCUT2D eigenvalue weighted by Crippen LogP contribution is -2.32. The Bertz CT molecular complexity index is 386. The molecule has 0 bridgehead atoms. The third-order valence-corrected chi connectivity index (χ3v) is 2.32. The number of hydrogen-bond acceptors (Lipinski definition) is 3. The van der Waals surface area contributed by atoms with E-state index >= 15 is 0 Å². The second kappa shape index (κ2) is 5.29. The minimum Gasteiger partial charge on any atom is -0.481 e. The maximum absolute atomic E-state index is 11.5. The Balaban J connectivity index is 2.49. The van der Waals surface area contributed by atoms with E-state index in [9.17, 15) is 9.59 Å². The van der Waals surface area contributed by atoms with E-state index in [4.69, 9.17) is 5.11 Å². The number of aryl methyl sites for hydroxylation is 1. The molecule has 1 aromatic rings. The van der Waals surface area contributed by atoms with Crippen LogP contribution in [0.25, 0.3) is 0 Å². The lowest BCUT2D eigenvalue weighted by atomic mass is 10.1. The molecule has 0 aromatic carbocycles. The van der Waals surface area contributed by atoms with E-state index in [0.29, 0.717) is 12.0 Å². The van der Waals surface area contributed by atoms with Crippen LogP contribution in [-0.2, 0) is 11.8 Å². The Hall–Kier alpha value is -1.85. The topological polar surface area (TPSA) is 84.2 Å². The summed E-state index contributed by atoms with van der Waals surface area (Å²) in [6, 6.07) is 0. The molecule has 0 saturated carbocycles. The van der Waals surface area contributed by atoms with Crippen molar-refractivity contribution in [1.29, 1.82) is 0 Å². The zero-order chi connectivity index (χ0) is 12.1. The molecule has 0 fully saturated rings. The molecule has 0 aliphatic carbocycles. The summed E-state index contributed by atoms with van der Waals surface area (Å²) in [5.74, 6) is -1.73. The van der Waals surface area contributed by atoms with Crippen molar-refractivity contribution in [1.82, 2.24) is 15.1 Å². The standard InChI is InChI=1S/C10H15N3O3/c1-3-7(10(15)16)4-11-9(14)8-5-12-13(2)6-8/h5-7H,3-4H2,1-2H3,(H,11,14)(H,15,16). The minimum absolute atomic E-state index is 0.138. The van der Waals surface area contributed by atoms with E-state index in [1.807, 2.05) is 0 Å². The van der Waals surface area contributed by atoms with Gasteiger partial charge in [0.25, 0.3) is 5.91 Å².